The average Bonchev–Trinajstić information content (AvgIpc) is 2.65. The Kier molecular flexibility index (Phi) is 4.11. The third kappa shape index (κ3) is 3.13. The summed E-state index contributed by atoms with van der Waals surface area (Å²) in [5.41, 5.74) is 2.25. The minimum Gasteiger partial charge on any atom is -0.453 e. The molecule has 0 bridgehead atoms. The van der Waals surface area contributed by atoms with Gasteiger partial charge in [-0.3, -0.25) is 14.8 Å². The average molecular weight is 290 g/mol. The molecule has 112 valence electrons. The maximum Gasteiger partial charge on any atom is 0.275 e. The van der Waals surface area contributed by atoms with Gasteiger partial charge in [0.15, 0.2) is 5.75 Å². The van der Waals surface area contributed by atoms with E-state index < -0.39 is 4.92 Å². The van der Waals surface area contributed by atoms with Gasteiger partial charge in [-0.25, -0.2) is 0 Å². The van der Waals surface area contributed by atoms with Crippen molar-refractivity contribution in [1.29, 1.82) is 0 Å². The van der Waals surface area contributed by atoms with Crippen LogP contribution in [0.15, 0.2) is 18.2 Å². The number of anilines is 1. The number of nitro benzene ring substituents is 1. The van der Waals surface area contributed by atoms with Crippen LogP contribution in [0.1, 0.15) is 18.3 Å². The molecule has 0 saturated carbocycles. The highest BCUT2D eigenvalue weighted by Crippen LogP contribution is 2.32. The number of aryl methyl sites for hydroxylation is 2. The van der Waals surface area contributed by atoms with Gasteiger partial charge < -0.3 is 10.1 Å². The van der Waals surface area contributed by atoms with Crippen molar-refractivity contribution in [3.63, 3.8) is 0 Å². The van der Waals surface area contributed by atoms with E-state index in [1.54, 1.807) is 10.7 Å². The molecule has 7 heteroatoms. The van der Waals surface area contributed by atoms with Gasteiger partial charge in [-0.15, -0.1) is 0 Å². The largest absolute Gasteiger partial charge is 0.453 e. The lowest BCUT2D eigenvalue weighted by atomic mass is 10.2. The van der Waals surface area contributed by atoms with Crippen LogP contribution in [-0.2, 0) is 7.05 Å². The number of nitrogens with one attached hydrogen (secondary N) is 1. The van der Waals surface area contributed by atoms with Crippen LogP contribution in [0.2, 0.25) is 0 Å². The fraction of sp³-hybridized carbons (Fsp3) is 0.357. The molecule has 0 saturated heterocycles. The molecule has 7 nitrogen and oxygen atoms in total. The van der Waals surface area contributed by atoms with Gasteiger partial charge in [0.05, 0.1) is 16.7 Å². The minimum absolute atomic E-state index is 0.0114. The molecular formula is C14H18N4O3. The summed E-state index contributed by atoms with van der Waals surface area (Å²) in [6, 6.07) is 4.63. The predicted molar refractivity (Wildman–Crippen MR) is 80.0 cm³/mol. The third-order valence-corrected chi connectivity index (χ3v) is 3.15. The number of aromatic nitrogens is 2. The second kappa shape index (κ2) is 5.82. The monoisotopic (exact) mass is 290 g/mol. The van der Waals surface area contributed by atoms with E-state index in [1.165, 1.54) is 12.1 Å². The van der Waals surface area contributed by atoms with E-state index in [0.29, 0.717) is 23.7 Å². The van der Waals surface area contributed by atoms with Gasteiger partial charge in [-0.1, -0.05) is 0 Å². The number of benzene rings is 1. The van der Waals surface area contributed by atoms with Crippen LogP contribution in [0.3, 0.4) is 0 Å². The second-order valence-corrected chi connectivity index (χ2v) is 4.73. The first kappa shape index (κ1) is 14.8. The van der Waals surface area contributed by atoms with E-state index in [4.69, 9.17) is 4.74 Å². The lowest BCUT2D eigenvalue weighted by Crippen LogP contribution is -1.99. The molecular weight excluding hydrogens is 272 g/mol. The Morgan fingerprint density at radius 2 is 2.10 bits per heavy atom. The molecule has 2 rings (SSSR count). The van der Waals surface area contributed by atoms with E-state index in [0.717, 1.165) is 11.4 Å². The first-order valence-electron chi connectivity index (χ1n) is 6.63. The lowest BCUT2D eigenvalue weighted by Gasteiger charge is -2.09. The van der Waals surface area contributed by atoms with E-state index in [2.05, 4.69) is 10.4 Å². The lowest BCUT2D eigenvalue weighted by molar-refractivity contribution is -0.384. The van der Waals surface area contributed by atoms with Gasteiger partial charge in [0.25, 0.3) is 5.69 Å². The van der Waals surface area contributed by atoms with Crippen LogP contribution in [0, 0.1) is 24.0 Å². The summed E-state index contributed by atoms with van der Waals surface area (Å²) in [5, 5.41) is 18.3. The summed E-state index contributed by atoms with van der Waals surface area (Å²) in [6.07, 6.45) is 0. The number of rotatable bonds is 5. The molecule has 2 aromatic rings. The third-order valence-electron chi connectivity index (χ3n) is 3.15. The quantitative estimate of drug-likeness (QED) is 0.675. The highest BCUT2D eigenvalue weighted by atomic mass is 16.6. The smallest absolute Gasteiger partial charge is 0.275 e. The van der Waals surface area contributed by atoms with Crippen LogP contribution in [0.4, 0.5) is 11.4 Å². The van der Waals surface area contributed by atoms with Crippen molar-refractivity contribution >= 4 is 11.4 Å². The van der Waals surface area contributed by atoms with Gasteiger partial charge in [0.2, 0.25) is 0 Å². The number of hydrogen-bond acceptors (Lipinski definition) is 5. The first-order valence-corrected chi connectivity index (χ1v) is 6.63. The molecule has 0 aliphatic heterocycles. The topological polar surface area (TPSA) is 82.2 Å². The molecule has 0 radical (unpaired) electrons. The molecule has 0 unspecified atom stereocenters. The molecule has 1 N–H and O–H groups in total. The Hall–Kier alpha value is -2.57. The first-order chi connectivity index (χ1) is 9.92. The van der Waals surface area contributed by atoms with E-state index in [9.17, 15) is 10.1 Å². The van der Waals surface area contributed by atoms with Crippen molar-refractivity contribution < 1.29 is 9.66 Å². The molecule has 0 atom stereocenters. The molecule has 0 aliphatic carbocycles. The zero-order valence-corrected chi connectivity index (χ0v) is 12.5. The summed E-state index contributed by atoms with van der Waals surface area (Å²) in [4.78, 5) is 10.6. The maximum atomic E-state index is 11.0. The van der Waals surface area contributed by atoms with Gasteiger partial charge in [-0.2, -0.15) is 5.10 Å². The van der Waals surface area contributed by atoms with E-state index in [1.807, 2.05) is 27.8 Å². The van der Waals surface area contributed by atoms with Gasteiger partial charge in [0, 0.05) is 31.4 Å². The van der Waals surface area contributed by atoms with Crippen molar-refractivity contribution in [3.05, 3.63) is 39.7 Å². The molecule has 21 heavy (non-hydrogen) atoms. The molecule has 1 aromatic carbocycles. The second-order valence-electron chi connectivity index (χ2n) is 4.73. The fourth-order valence-corrected chi connectivity index (χ4v) is 2.07. The Bertz CT molecular complexity index is 679. The SMILES string of the molecule is CCNc1cc(Oc2c(C)nn(C)c2C)cc([N+](=O)[O-])c1. The van der Waals surface area contributed by atoms with E-state index in [-0.39, 0.29) is 5.69 Å². The highest BCUT2D eigenvalue weighted by molar-refractivity contribution is 5.57. The van der Waals surface area contributed by atoms with Crippen molar-refractivity contribution in [1.82, 2.24) is 9.78 Å². The van der Waals surface area contributed by atoms with Crippen LogP contribution < -0.4 is 10.1 Å². The Morgan fingerprint density at radius 1 is 1.38 bits per heavy atom. The van der Waals surface area contributed by atoms with Crippen LogP contribution in [-0.4, -0.2) is 21.2 Å². The Labute approximate surface area is 122 Å². The normalized spacial score (nSPS) is 10.5. The zero-order valence-electron chi connectivity index (χ0n) is 12.5. The summed E-state index contributed by atoms with van der Waals surface area (Å²) < 4.78 is 7.53. The molecule has 0 aliphatic rings. The summed E-state index contributed by atoms with van der Waals surface area (Å²) >= 11 is 0. The van der Waals surface area contributed by atoms with E-state index >= 15 is 0 Å². The van der Waals surface area contributed by atoms with Crippen molar-refractivity contribution in [2.24, 2.45) is 7.05 Å². The number of non-ortho nitro benzene ring substituents is 1. The molecule has 1 aromatic heterocycles. The van der Waals surface area contributed by atoms with Crippen LogP contribution >= 0.6 is 0 Å². The Morgan fingerprint density at radius 3 is 2.62 bits per heavy atom. The Balaban J connectivity index is 2.40. The predicted octanol–water partition coefficient (Wildman–Crippen LogP) is 3.17. The standard InChI is InChI=1S/C14H18N4O3/c1-5-15-11-6-12(18(19)20)8-13(7-11)21-14-9(2)16-17(4)10(14)3/h6-8,15H,5H2,1-4H3. The zero-order chi connectivity index (χ0) is 15.6. The number of ether oxygens (including phenoxy) is 1. The number of nitrogens with zero attached hydrogens (tertiary/aromatic N) is 3. The van der Waals surface area contributed by atoms with Crippen molar-refractivity contribution in [3.8, 4) is 11.5 Å². The fourth-order valence-electron chi connectivity index (χ4n) is 2.07. The molecule has 0 amide bonds. The van der Waals surface area contributed by atoms with Gasteiger partial charge in [-0.05, 0) is 20.8 Å². The maximum absolute atomic E-state index is 11.0. The van der Waals surface area contributed by atoms with Crippen molar-refractivity contribution in [2.45, 2.75) is 20.8 Å². The van der Waals surface area contributed by atoms with Crippen LogP contribution in [0.5, 0.6) is 11.5 Å². The highest BCUT2D eigenvalue weighted by Gasteiger charge is 2.15. The molecule has 0 fully saturated rings. The van der Waals surface area contributed by atoms with Crippen LogP contribution in [0.25, 0.3) is 0 Å². The molecule has 1 heterocycles. The summed E-state index contributed by atoms with van der Waals surface area (Å²) in [6.45, 7) is 6.32. The van der Waals surface area contributed by atoms with Gasteiger partial charge in [0.1, 0.15) is 11.4 Å². The summed E-state index contributed by atoms with van der Waals surface area (Å²) in [5.74, 6) is 1.04. The number of hydrogen-bond donors (Lipinski definition) is 1. The summed E-state index contributed by atoms with van der Waals surface area (Å²) in [7, 11) is 1.83. The van der Waals surface area contributed by atoms with Gasteiger partial charge >= 0.3 is 0 Å². The number of nitro groups is 1. The minimum atomic E-state index is -0.434. The van der Waals surface area contributed by atoms with Crippen molar-refractivity contribution in [2.75, 3.05) is 11.9 Å². The molecule has 0 spiro atoms.